The van der Waals surface area contributed by atoms with Gasteiger partial charge >= 0.3 is 0 Å². The first-order chi connectivity index (χ1) is 16.8. The minimum atomic E-state index is -0.689. The number of pyridine rings is 1. The van der Waals surface area contributed by atoms with E-state index in [9.17, 15) is 4.39 Å². The Bertz CT molecular complexity index is 1370. The molecule has 4 aromatic rings. The molecule has 5 rings (SSSR count). The van der Waals surface area contributed by atoms with Crippen molar-refractivity contribution in [1.82, 2.24) is 14.8 Å². The Balaban J connectivity index is 1.42. The van der Waals surface area contributed by atoms with E-state index in [0.717, 1.165) is 48.6 Å². The molecule has 0 unspecified atom stereocenters. The minimum Gasteiger partial charge on any atom is -0.478 e. The van der Waals surface area contributed by atoms with Crippen LogP contribution in [0.15, 0.2) is 41.1 Å². The van der Waals surface area contributed by atoms with Gasteiger partial charge in [0.2, 0.25) is 5.75 Å². The van der Waals surface area contributed by atoms with Crippen LogP contribution in [0.3, 0.4) is 0 Å². The Morgan fingerprint density at radius 3 is 2.74 bits per heavy atom. The summed E-state index contributed by atoms with van der Waals surface area (Å²) in [4.78, 5) is 11.5. The van der Waals surface area contributed by atoms with Gasteiger partial charge in [-0.1, -0.05) is 23.2 Å². The van der Waals surface area contributed by atoms with Crippen LogP contribution in [0, 0.1) is 5.82 Å². The van der Waals surface area contributed by atoms with E-state index in [1.54, 1.807) is 30.7 Å². The zero-order valence-corrected chi connectivity index (χ0v) is 21.7. The average Bonchev–Trinajstić information content (AvgIpc) is 3.47. The molecule has 1 fully saturated rings. The standard InChI is InChI=1S/C25H25Cl2FN4O2S/c1-14(21-18(26)4-5-19(28)22(21)27)34-24-23-16(11-30-25(24)29)17(13-33-23)20-6-3-15(35-20)12-32-9-7-31(2)8-10-32/h3-6,11,13-14H,7-10,12H2,1-2H3,(H2,29,30)/t14-/m1/s1. The van der Waals surface area contributed by atoms with Gasteiger partial charge in [0.15, 0.2) is 11.4 Å². The van der Waals surface area contributed by atoms with Gasteiger partial charge in [0.05, 0.1) is 10.4 Å². The first kappa shape index (κ1) is 24.3. The molecule has 1 aromatic carbocycles. The lowest BCUT2D eigenvalue weighted by Crippen LogP contribution is -2.43. The summed E-state index contributed by atoms with van der Waals surface area (Å²) in [6.07, 6.45) is 2.69. The highest BCUT2D eigenvalue weighted by Gasteiger charge is 2.24. The summed E-state index contributed by atoms with van der Waals surface area (Å²) in [7, 11) is 2.16. The van der Waals surface area contributed by atoms with Crippen molar-refractivity contribution in [2.45, 2.75) is 19.6 Å². The van der Waals surface area contributed by atoms with Crippen LogP contribution in [0.25, 0.3) is 21.4 Å². The van der Waals surface area contributed by atoms with Crippen molar-refractivity contribution in [3.05, 3.63) is 63.0 Å². The van der Waals surface area contributed by atoms with Gasteiger partial charge in [-0.05, 0) is 38.2 Å². The van der Waals surface area contributed by atoms with Gasteiger partial charge in [-0.3, -0.25) is 4.90 Å². The van der Waals surface area contributed by atoms with Crippen molar-refractivity contribution in [1.29, 1.82) is 0 Å². The molecular weight excluding hydrogens is 510 g/mol. The predicted octanol–water partition coefficient (Wildman–Crippen LogP) is 6.47. The van der Waals surface area contributed by atoms with E-state index >= 15 is 0 Å². The number of hydrogen-bond donors (Lipinski definition) is 1. The number of nitrogens with two attached hydrogens (primary N) is 1. The summed E-state index contributed by atoms with van der Waals surface area (Å²) in [5, 5.41) is 0.996. The van der Waals surface area contributed by atoms with Crippen LogP contribution < -0.4 is 10.5 Å². The van der Waals surface area contributed by atoms with Crippen LogP contribution in [-0.4, -0.2) is 48.0 Å². The largest absolute Gasteiger partial charge is 0.478 e. The first-order valence-corrected chi connectivity index (χ1v) is 12.8. The molecule has 4 heterocycles. The van der Waals surface area contributed by atoms with Crippen LogP contribution in [-0.2, 0) is 6.54 Å². The Morgan fingerprint density at radius 2 is 1.97 bits per heavy atom. The number of aromatic nitrogens is 1. The van der Waals surface area contributed by atoms with Crippen molar-refractivity contribution >= 4 is 51.3 Å². The van der Waals surface area contributed by atoms with E-state index in [1.165, 1.54) is 17.0 Å². The number of nitrogen functional groups attached to an aromatic ring is 1. The summed E-state index contributed by atoms with van der Waals surface area (Å²) in [5.74, 6) is -0.140. The van der Waals surface area contributed by atoms with Gasteiger partial charge in [-0.25, -0.2) is 9.37 Å². The zero-order chi connectivity index (χ0) is 24.7. The van der Waals surface area contributed by atoms with Gasteiger partial charge in [0.25, 0.3) is 0 Å². The van der Waals surface area contributed by atoms with Crippen LogP contribution in [0.2, 0.25) is 10.0 Å². The second-order valence-corrected chi connectivity index (χ2v) is 10.7. The number of hydrogen-bond acceptors (Lipinski definition) is 7. The number of rotatable bonds is 6. The number of thiophene rings is 1. The summed E-state index contributed by atoms with van der Waals surface area (Å²) >= 11 is 14.2. The Kier molecular flexibility index (Phi) is 6.92. The number of furan rings is 1. The molecule has 3 aromatic heterocycles. The van der Waals surface area contributed by atoms with Gasteiger partial charge in [-0.15, -0.1) is 11.3 Å². The number of ether oxygens (including phenoxy) is 1. The molecule has 0 radical (unpaired) electrons. The lowest BCUT2D eigenvalue weighted by Gasteiger charge is -2.31. The van der Waals surface area contributed by atoms with E-state index in [1.807, 2.05) is 0 Å². The summed E-state index contributed by atoms with van der Waals surface area (Å²) < 4.78 is 26.1. The Hall–Kier alpha value is -2.36. The minimum absolute atomic E-state index is 0.0877. The fourth-order valence-electron chi connectivity index (χ4n) is 4.27. The maximum Gasteiger partial charge on any atom is 0.205 e. The summed E-state index contributed by atoms with van der Waals surface area (Å²) in [6.45, 7) is 6.97. The molecular formula is C25H25Cl2FN4O2S. The van der Waals surface area contributed by atoms with Gasteiger partial charge < -0.3 is 19.8 Å². The Labute approximate surface area is 217 Å². The van der Waals surface area contributed by atoms with E-state index in [4.69, 9.17) is 38.1 Å². The quantitative estimate of drug-likeness (QED) is 0.286. The van der Waals surface area contributed by atoms with E-state index in [0.29, 0.717) is 16.2 Å². The molecule has 2 N–H and O–H groups in total. The molecule has 1 aliphatic rings. The molecule has 0 amide bonds. The maximum atomic E-state index is 14.0. The van der Waals surface area contributed by atoms with Crippen LogP contribution in [0.5, 0.6) is 5.75 Å². The molecule has 10 heteroatoms. The molecule has 0 spiro atoms. The average molecular weight is 535 g/mol. The third-order valence-corrected chi connectivity index (χ3v) is 8.10. The molecule has 6 nitrogen and oxygen atoms in total. The molecule has 0 bridgehead atoms. The van der Waals surface area contributed by atoms with Crippen molar-refractivity contribution in [3.63, 3.8) is 0 Å². The van der Waals surface area contributed by atoms with Gasteiger partial charge in [-0.2, -0.15) is 0 Å². The lowest BCUT2D eigenvalue weighted by molar-refractivity contribution is 0.149. The number of piperazine rings is 1. The molecule has 35 heavy (non-hydrogen) atoms. The predicted molar refractivity (Wildman–Crippen MR) is 140 cm³/mol. The number of fused-ring (bicyclic) bond motifs is 1. The molecule has 1 atom stereocenters. The summed E-state index contributed by atoms with van der Waals surface area (Å²) in [5.41, 5.74) is 7.87. The molecule has 0 aliphatic carbocycles. The number of halogens is 3. The molecule has 0 saturated carbocycles. The highest BCUT2D eigenvalue weighted by atomic mass is 35.5. The second kappa shape index (κ2) is 9.95. The number of likely N-dealkylation sites (N-methyl/N-ethyl adjacent to an activating group) is 1. The van der Waals surface area contributed by atoms with E-state index in [-0.39, 0.29) is 16.6 Å². The van der Waals surface area contributed by atoms with Crippen molar-refractivity contribution < 1.29 is 13.5 Å². The molecule has 1 saturated heterocycles. The zero-order valence-electron chi connectivity index (χ0n) is 19.4. The second-order valence-electron chi connectivity index (χ2n) is 8.73. The molecule has 1 aliphatic heterocycles. The number of anilines is 1. The normalized spacial score (nSPS) is 16.1. The topological polar surface area (TPSA) is 67.8 Å². The SMILES string of the molecule is C[C@@H](Oc1c(N)ncc2c(-c3ccc(CN4CCN(C)CC4)s3)coc12)c1c(Cl)ccc(F)c1Cl. The number of nitrogens with zero attached hydrogens (tertiary/aromatic N) is 3. The van der Waals surface area contributed by atoms with Gasteiger partial charge in [0, 0.05) is 64.8 Å². The highest BCUT2D eigenvalue weighted by Crippen LogP contribution is 2.42. The third kappa shape index (κ3) is 4.86. The maximum absolute atomic E-state index is 14.0. The van der Waals surface area contributed by atoms with Gasteiger partial charge in [0.1, 0.15) is 18.2 Å². The van der Waals surface area contributed by atoms with Crippen molar-refractivity contribution in [2.75, 3.05) is 39.0 Å². The monoisotopic (exact) mass is 534 g/mol. The Morgan fingerprint density at radius 1 is 1.20 bits per heavy atom. The van der Waals surface area contributed by atoms with E-state index < -0.39 is 11.9 Å². The summed E-state index contributed by atoms with van der Waals surface area (Å²) in [6, 6.07) is 6.93. The third-order valence-electron chi connectivity index (χ3n) is 6.28. The smallest absolute Gasteiger partial charge is 0.205 e. The first-order valence-electron chi connectivity index (χ1n) is 11.3. The van der Waals surface area contributed by atoms with Crippen molar-refractivity contribution in [3.8, 4) is 16.2 Å². The van der Waals surface area contributed by atoms with Crippen LogP contribution in [0.4, 0.5) is 10.2 Å². The fourth-order valence-corrected chi connectivity index (χ4v) is 6.02. The molecule has 184 valence electrons. The fraction of sp³-hybridized carbons (Fsp3) is 0.320. The van der Waals surface area contributed by atoms with Crippen molar-refractivity contribution in [2.24, 2.45) is 0 Å². The lowest BCUT2D eigenvalue weighted by atomic mass is 10.1. The van der Waals surface area contributed by atoms with Crippen LogP contribution >= 0.6 is 34.5 Å². The number of benzene rings is 1. The highest BCUT2D eigenvalue weighted by molar-refractivity contribution is 7.15. The van der Waals surface area contributed by atoms with Crippen LogP contribution in [0.1, 0.15) is 23.5 Å². The van der Waals surface area contributed by atoms with E-state index in [2.05, 4.69) is 34.0 Å².